The fourth-order valence-corrected chi connectivity index (χ4v) is 4.15. The lowest BCUT2D eigenvalue weighted by molar-refractivity contribution is -0.153. The van der Waals surface area contributed by atoms with E-state index in [0.29, 0.717) is 25.2 Å². The number of hydrogen-bond donors (Lipinski definition) is 1. The largest absolute Gasteiger partial charge is 0.494 e. The Labute approximate surface area is 153 Å². The van der Waals surface area contributed by atoms with Crippen molar-refractivity contribution in [2.75, 3.05) is 33.4 Å². The number of esters is 1. The van der Waals surface area contributed by atoms with Crippen molar-refractivity contribution in [2.24, 2.45) is 5.92 Å². The minimum Gasteiger partial charge on any atom is -0.494 e. The zero-order valence-electron chi connectivity index (χ0n) is 14.9. The molecule has 0 atom stereocenters. The fraction of sp³-hybridized carbons (Fsp3) is 0.529. The number of hydrogen-bond acceptors (Lipinski definition) is 6. The van der Waals surface area contributed by atoms with E-state index < -0.39 is 21.9 Å². The molecule has 0 aliphatic carbocycles. The van der Waals surface area contributed by atoms with Crippen molar-refractivity contribution in [3.63, 3.8) is 0 Å². The third-order valence-electron chi connectivity index (χ3n) is 4.18. The van der Waals surface area contributed by atoms with Gasteiger partial charge in [0, 0.05) is 20.1 Å². The second-order valence-electron chi connectivity index (χ2n) is 5.86. The molecule has 1 N–H and O–H groups in total. The Bertz CT molecular complexity index is 724. The summed E-state index contributed by atoms with van der Waals surface area (Å²) >= 11 is 0. The lowest BCUT2D eigenvalue weighted by atomic mass is 9.98. The van der Waals surface area contributed by atoms with Crippen molar-refractivity contribution >= 4 is 21.9 Å². The highest BCUT2D eigenvalue weighted by molar-refractivity contribution is 7.89. The third-order valence-corrected chi connectivity index (χ3v) is 6.10. The minimum absolute atomic E-state index is 0.196. The molecule has 1 aromatic rings. The van der Waals surface area contributed by atoms with Crippen LogP contribution in [-0.4, -0.2) is 58.0 Å². The zero-order valence-corrected chi connectivity index (χ0v) is 15.8. The third kappa shape index (κ3) is 4.95. The number of benzene rings is 1. The van der Waals surface area contributed by atoms with Crippen LogP contribution in [0.4, 0.5) is 0 Å². The fourth-order valence-electron chi connectivity index (χ4n) is 2.68. The SMILES string of the molecule is CCOc1ccc(S(=O)(=O)N2CCC(C(=O)OCC(=O)NC)CC2)cc1. The first-order valence-corrected chi connectivity index (χ1v) is 9.92. The Morgan fingerprint density at radius 3 is 2.35 bits per heavy atom. The van der Waals surface area contributed by atoms with Crippen LogP contribution in [0.25, 0.3) is 0 Å². The molecule has 9 heteroatoms. The number of rotatable bonds is 7. The first-order valence-electron chi connectivity index (χ1n) is 8.48. The number of likely N-dealkylation sites (N-methyl/N-ethyl adjacent to an activating group) is 1. The molecular weight excluding hydrogens is 360 g/mol. The zero-order chi connectivity index (χ0) is 19.2. The molecule has 8 nitrogen and oxygen atoms in total. The highest BCUT2D eigenvalue weighted by Crippen LogP contribution is 2.25. The van der Waals surface area contributed by atoms with E-state index in [4.69, 9.17) is 9.47 Å². The van der Waals surface area contributed by atoms with Crippen LogP contribution >= 0.6 is 0 Å². The van der Waals surface area contributed by atoms with Gasteiger partial charge < -0.3 is 14.8 Å². The maximum Gasteiger partial charge on any atom is 0.309 e. The Kier molecular flexibility index (Phi) is 6.98. The van der Waals surface area contributed by atoms with E-state index in [0.717, 1.165) is 0 Å². The van der Waals surface area contributed by atoms with Crippen LogP contribution in [0.3, 0.4) is 0 Å². The first kappa shape index (κ1) is 20.2. The molecular formula is C17H24N2O6S. The summed E-state index contributed by atoms with van der Waals surface area (Å²) in [4.78, 5) is 23.3. The van der Waals surface area contributed by atoms with E-state index in [9.17, 15) is 18.0 Å². The van der Waals surface area contributed by atoms with Gasteiger partial charge in [0.05, 0.1) is 17.4 Å². The van der Waals surface area contributed by atoms with E-state index in [1.165, 1.54) is 23.5 Å². The summed E-state index contributed by atoms with van der Waals surface area (Å²) in [6.45, 7) is 2.51. The van der Waals surface area contributed by atoms with E-state index in [-0.39, 0.29) is 30.5 Å². The molecule has 1 aromatic carbocycles. The molecule has 0 aromatic heterocycles. The van der Waals surface area contributed by atoms with Crippen molar-refractivity contribution in [3.8, 4) is 5.75 Å². The highest BCUT2D eigenvalue weighted by atomic mass is 32.2. The lowest BCUT2D eigenvalue weighted by Gasteiger charge is -2.30. The van der Waals surface area contributed by atoms with Gasteiger partial charge in [-0.2, -0.15) is 4.31 Å². The number of ether oxygens (including phenoxy) is 2. The number of nitrogens with zero attached hydrogens (tertiary/aromatic N) is 1. The topological polar surface area (TPSA) is 102 Å². The van der Waals surface area contributed by atoms with Gasteiger partial charge in [-0.1, -0.05) is 0 Å². The van der Waals surface area contributed by atoms with Crippen LogP contribution in [0.2, 0.25) is 0 Å². The summed E-state index contributed by atoms with van der Waals surface area (Å²) < 4.78 is 37.0. The van der Waals surface area contributed by atoms with Crippen molar-refractivity contribution in [3.05, 3.63) is 24.3 Å². The van der Waals surface area contributed by atoms with Crippen molar-refractivity contribution in [2.45, 2.75) is 24.7 Å². The molecule has 1 saturated heterocycles. The predicted molar refractivity (Wildman–Crippen MR) is 94.1 cm³/mol. The number of piperidine rings is 1. The average Bonchev–Trinajstić information content (AvgIpc) is 2.66. The number of nitrogens with one attached hydrogen (secondary N) is 1. The predicted octanol–water partition coefficient (Wildman–Crippen LogP) is 0.775. The van der Waals surface area contributed by atoms with Crippen molar-refractivity contribution in [1.82, 2.24) is 9.62 Å². The summed E-state index contributed by atoms with van der Waals surface area (Å²) in [5, 5.41) is 2.37. The maximum absolute atomic E-state index is 12.7. The van der Waals surface area contributed by atoms with E-state index in [1.54, 1.807) is 12.1 Å². The molecule has 1 amide bonds. The highest BCUT2D eigenvalue weighted by Gasteiger charge is 2.33. The molecule has 0 radical (unpaired) electrons. The summed E-state index contributed by atoms with van der Waals surface area (Å²) in [6, 6.07) is 6.28. The van der Waals surface area contributed by atoms with Gasteiger partial charge in [-0.3, -0.25) is 9.59 Å². The average molecular weight is 384 g/mol. The molecule has 0 bridgehead atoms. The quantitative estimate of drug-likeness (QED) is 0.697. The smallest absolute Gasteiger partial charge is 0.309 e. The van der Waals surface area contributed by atoms with Crippen LogP contribution in [0, 0.1) is 5.92 Å². The van der Waals surface area contributed by atoms with E-state index in [2.05, 4.69) is 5.32 Å². The minimum atomic E-state index is -3.61. The van der Waals surface area contributed by atoms with Gasteiger partial charge in [-0.05, 0) is 44.0 Å². The van der Waals surface area contributed by atoms with E-state index >= 15 is 0 Å². The second-order valence-corrected chi connectivity index (χ2v) is 7.80. The molecule has 0 spiro atoms. The number of carbonyl (C=O) groups is 2. The standard InChI is InChI=1S/C17H24N2O6S/c1-3-24-14-4-6-15(7-5-14)26(22,23)19-10-8-13(9-11-19)17(21)25-12-16(20)18-2/h4-7,13H,3,8-12H2,1-2H3,(H,18,20). The van der Waals surface area contributed by atoms with Crippen molar-refractivity contribution in [1.29, 1.82) is 0 Å². The summed E-state index contributed by atoms with van der Waals surface area (Å²) in [5.41, 5.74) is 0. The van der Waals surface area contributed by atoms with Gasteiger partial charge in [0.15, 0.2) is 6.61 Å². The molecule has 1 heterocycles. The van der Waals surface area contributed by atoms with Gasteiger partial charge in [-0.25, -0.2) is 8.42 Å². The Balaban J connectivity index is 1.93. The van der Waals surface area contributed by atoms with Crippen LogP contribution in [0.15, 0.2) is 29.2 Å². The lowest BCUT2D eigenvalue weighted by Crippen LogP contribution is -2.41. The molecule has 2 rings (SSSR count). The normalized spacial score (nSPS) is 16.1. The Morgan fingerprint density at radius 1 is 1.19 bits per heavy atom. The summed E-state index contributed by atoms with van der Waals surface area (Å²) in [6.07, 6.45) is 0.728. The second kappa shape index (κ2) is 9.00. The van der Waals surface area contributed by atoms with Gasteiger partial charge >= 0.3 is 5.97 Å². The van der Waals surface area contributed by atoms with E-state index in [1.807, 2.05) is 6.92 Å². The number of sulfonamides is 1. The molecule has 0 saturated carbocycles. The van der Waals surface area contributed by atoms with Crippen molar-refractivity contribution < 1.29 is 27.5 Å². The molecule has 1 aliphatic heterocycles. The molecule has 144 valence electrons. The van der Waals surface area contributed by atoms with Crippen LogP contribution in [-0.2, 0) is 24.3 Å². The Hall–Kier alpha value is -2.13. The monoisotopic (exact) mass is 384 g/mol. The van der Waals surface area contributed by atoms with Crippen LogP contribution < -0.4 is 10.1 Å². The van der Waals surface area contributed by atoms with Gasteiger partial charge in [-0.15, -0.1) is 0 Å². The van der Waals surface area contributed by atoms with Gasteiger partial charge in [0.25, 0.3) is 5.91 Å². The van der Waals surface area contributed by atoms with Gasteiger partial charge in [0.2, 0.25) is 10.0 Å². The Morgan fingerprint density at radius 2 is 1.81 bits per heavy atom. The van der Waals surface area contributed by atoms with Gasteiger partial charge in [0.1, 0.15) is 5.75 Å². The molecule has 1 fully saturated rings. The molecule has 1 aliphatic rings. The summed E-state index contributed by atoms with van der Waals surface area (Å²) in [5.74, 6) is -0.629. The first-order chi connectivity index (χ1) is 12.4. The summed E-state index contributed by atoms with van der Waals surface area (Å²) in [7, 11) is -2.15. The molecule has 0 unspecified atom stereocenters. The maximum atomic E-state index is 12.7. The number of carbonyl (C=O) groups excluding carboxylic acids is 2. The van der Waals surface area contributed by atoms with Crippen LogP contribution in [0.1, 0.15) is 19.8 Å². The molecule has 26 heavy (non-hydrogen) atoms. The van der Waals surface area contributed by atoms with Crippen LogP contribution in [0.5, 0.6) is 5.75 Å². The number of amides is 1.